The van der Waals surface area contributed by atoms with Gasteiger partial charge in [0.25, 0.3) is 0 Å². The van der Waals surface area contributed by atoms with Crippen LogP contribution < -0.4 is 0 Å². The third-order valence-corrected chi connectivity index (χ3v) is 4.32. The first-order chi connectivity index (χ1) is 10.6. The van der Waals surface area contributed by atoms with Crippen molar-refractivity contribution in [3.8, 4) is 11.3 Å². The predicted octanol–water partition coefficient (Wildman–Crippen LogP) is 4.13. The zero-order valence-electron chi connectivity index (χ0n) is 11.4. The molecule has 0 radical (unpaired) electrons. The lowest BCUT2D eigenvalue weighted by molar-refractivity contribution is -0.133. The Bertz CT molecular complexity index is 837. The second-order valence-electron chi connectivity index (χ2n) is 4.59. The molecule has 1 aromatic heterocycles. The highest BCUT2D eigenvalue weighted by atomic mass is 35.5. The molecule has 4 nitrogen and oxygen atoms in total. The molecule has 0 unspecified atom stereocenters. The lowest BCUT2D eigenvalue weighted by atomic mass is 10.1. The van der Waals surface area contributed by atoms with E-state index in [1.165, 1.54) is 11.8 Å². The highest BCUT2D eigenvalue weighted by molar-refractivity contribution is 8.00. The predicted molar refractivity (Wildman–Crippen MR) is 88.3 cm³/mol. The number of hydrogen-bond acceptors (Lipinski definition) is 4. The molecule has 1 N–H and O–H groups in total. The van der Waals surface area contributed by atoms with Crippen LogP contribution in [0.3, 0.4) is 0 Å². The van der Waals surface area contributed by atoms with Crippen molar-refractivity contribution in [3.05, 3.63) is 53.6 Å². The lowest BCUT2D eigenvalue weighted by Gasteiger charge is -2.08. The summed E-state index contributed by atoms with van der Waals surface area (Å²) >= 11 is 7.09. The van der Waals surface area contributed by atoms with Gasteiger partial charge in [-0.2, -0.15) is 0 Å². The number of benzene rings is 2. The van der Waals surface area contributed by atoms with Crippen molar-refractivity contribution in [1.29, 1.82) is 0 Å². The van der Waals surface area contributed by atoms with Crippen LogP contribution in [-0.4, -0.2) is 27.0 Å². The average molecular weight is 331 g/mol. The van der Waals surface area contributed by atoms with Crippen LogP contribution in [0.15, 0.2) is 53.6 Å². The van der Waals surface area contributed by atoms with Gasteiger partial charge in [-0.05, 0) is 12.1 Å². The molecule has 22 heavy (non-hydrogen) atoms. The van der Waals surface area contributed by atoms with E-state index in [1.807, 2.05) is 36.4 Å². The number of nitrogens with zero attached hydrogens (tertiary/aromatic N) is 2. The van der Waals surface area contributed by atoms with Crippen LogP contribution >= 0.6 is 23.4 Å². The molecule has 0 bridgehead atoms. The standard InChI is InChI=1S/C16H11ClN2O2S/c17-11-7-5-10(6-8-11)15-12-3-1-2-4-13(12)16(19-18-15)22-9-14(20)21/h1-8H,9H2,(H,20,21). The lowest BCUT2D eigenvalue weighted by Crippen LogP contribution is -2.00. The Morgan fingerprint density at radius 3 is 2.41 bits per heavy atom. The van der Waals surface area contributed by atoms with Crippen LogP contribution in [0.1, 0.15) is 0 Å². The molecule has 0 amide bonds. The summed E-state index contributed by atoms with van der Waals surface area (Å²) in [6, 6.07) is 15.1. The third kappa shape index (κ3) is 3.05. The molecular weight excluding hydrogens is 320 g/mol. The van der Waals surface area contributed by atoms with Crippen molar-refractivity contribution in [2.45, 2.75) is 5.03 Å². The van der Waals surface area contributed by atoms with Gasteiger partial charge in [-0.3, -0.25) is 4.79 Å². The smallest absolute Gasteiger partial charge is 0.313 e. The molecule has 0 spiro atoms. The third-order valence-electron chi connectivity index (χ3n) is 3.10. The molecular formula is C16H11ClN2O2S. The zero-order valence-corrected chi connectivity index (χ0v) is 12.9. The number of aliphatic carboxylic acids is 1. The first-order valence-electron chi connectivity index (χ1n) is 6.51. The van der Waals surface area contributed by atoms with E-state index in [9.17, 15) is 4.79 Å². The Morgan fingerprint density at radius 2 is 1.73 bits per heavy atom. The van der Waals surface area contributed by atoms with Gasteiger partial charge in [0.05, 0.1) is 5.75 Å². The highest BCUT2D eigenvalue weighted by Gasteiger charge is 2.12. The Labute approximate surface area is 136 Å². The number of carboxylic acids is 1. The van der Waals surface area contributed by atoms with E-state index >= 15 is 0 Å². The summed E-state index contributed by atoms with van der Waals surface area (Å²) in [5.74, 6) is -0.920. The van der Waals surface area contributed by atoms with Gasteiger partial charge in [0, 0.05) is 21.4 Å². The molecule has 6 heteroatoms. The minimum Gasteiger partial charge on any atom is -0.481 e. The van der Waals surface area contributed by atoms with Crippen molar-refractivity contribution in [1.82, 2.24) is 10.2 Å². The van der Waals surface area contributed by atoms with Crippen LogP contribution in [0.4, 0.5) is 0 Å². The number of thioether (sulfide) groups is 1. The molecule has 3 aromatic rings. The molecule has 0 saturated carbocycles. The van der Waals surface area contributed by atoms with Crippen molar-refractivity contribution < 1.29 is 9.90 Å². The average Bonchev–Trinajstić information content (AvgIpc) is 2.53. The minimum absolute atomic E-state index is 0.0427. The number of rotatable bonds is 4. The van der Waals surface area contributed by atoms with Gasteiger partial charge in [-0.1, -0.05) is 59.8 Å². The Hall–Kier alpha value is -2.11. The van der Waals surface area contributed by atoms with E-state index in [0.29, 0.717) is 10.0 Å². The Morgan fingerprint density at radius 1 is 1.05 bits per heavy atom. The van der Waals surface area contributed by atoms with Crippen LogP contribution in [0.2, 0.25) is 5.02 Å². The van der Waals surface area contributed by atoms with Crippen molar-refractivity contribution in [3.63, 3.8) is 0 Å². The number of fused-ring (bicyclic) bond motifs is 1. The van der Waals surface area contributed by atoms with Gasteiger partial charge in [0.15, 0.2) is 0 Å². The molecule has 0 saturated heterocycles. The largest absolute Gasteiger partial charge is 0.481 e. The second kappa shape index (κ2) is 6.34. The van der Waals surface area contributed by atoms with Crippen LogP contribution in [0.5, 0.6) is 0 Å². The maximum Gasteiger partial charge on any atom is 0.313 e. The van der Waals surface area contributed by atoms with E-state index < -0.39 is 5.97 Å². The number of halogens is 1. The SMILES string of the molecule is O=C(O)CSc1nnc(-c2ccc(Cl)cc2)c2ccccc12. The van der Waals surface area contributed by atoms with Gasteiger partial charge < -0.3 is 5.11 Å². The zero-order chi connectivity index (χ0) is 15.5. The first-order valence-corrected chi connectivity index (χ1v) is 7.87. The van der Waals surface area contributed by atoms with E-state index in [-0.39, 0.29) is 5.75 Å². The van der Waals surface area contributed by atoms with E-state index in [2.05, 4.69) is 10.2 Å². The fourth-order valence-electron chi connectivity index (χ4n) is 2.14. The fraction of sp³-hybridized carbons (Fsp3) is 0.0625. The molecule has 110 valence electrons. The topological polar surface area (TPSA) is 63.1 Å². The second-order valence-corrected chi connectivity index (χ2v) is 5.99. The molecule has 2 aromatic carbocycles. The molecule has 1 heterocycles. The number of hydrogen-bond donors (Lipinski definition) is 1. The molecule has 0 aliphatic carbocycles. The molecule has 3 rings (SSSR count). The molecule has 0 aliphatic rings. The van der Waals surface area contributed by atoms with Gasteiger partial charge in [-0.25, -0.2) is 0 Å². The summed E-state index contributed by atoms with van der Waals surface area (Å²) in [5.41, 5.74) is 1.68. The summed E-state index contributed by atoms with van der Waals surface area (Å²) in [7, 11) is 0. The van der Waals surface area contributed by atoms with Gasteiger partial charge in [0.2, 0.25) is 0 Å². The van der Waals surface area contributed by atoms with Crippen molar-refractivity contribution in [2.24, 2.45) is 0 Å². The highest BCUT2D eigenvalue weighted by Crippen LogP contribution is 2.31. The maximum atomic E-state index is 10.7. The summed E-state index contributed by atoms with van der Waals surface area (Å²) in [5, 5.41) is 20.4. The van der Waals surface area contributed by atoms with E-state index in [1.54, 1.807) is 12.1 Å². The van der Waals surface area contributed by atoms with Crippen LogP contribution in [0, 0.1) is 0 Å². The molecule has 0 fully saturated rings. The summed E-state index contributed by atoms with van der Waals surface area (Å²) in [6.07, 6.45) is 0. The number of aromatic nitrogens is 2. The monoisotopic (exact) mass is 330 g/mol. The minimum atomic E-state index is -0.877. The van der Waals surface area contributed by atoms with Gasteiger partial charge in [-0.15, -0.1) is 10.2 Å². The molecule has 0 aliphatic heterocycles. The van der Waals surface area contributed by atoms with Crippen LogP contribution in [0.25, 0.3) is 22.0 Å². The summed E-state index contributed by atoms with van der Waals surface area (Å²) in [6.45, 7) is 0. The van der Waals surface area contributed by atoms with E-state index in [4.69, 9.17) is 16.7 Å². The van der Waals surface area contributed by atoms with E-state index in [0.717, 1.165) is 22.0 Å². The summed E-state index contributed by atoms with van der Waals surface area (Å²) in [4.78, 5) is 10.7. The van der Waals surface area contributed by atoms with Crippen molar-refractivity contribution in [2.75, 3.05) is 5.75 Å². The summed E-state index contributed by atoms with van der Waals surface area (Å²) < 4.78 is 0. The normalized spacial score (nSPS) is 10.8. The number of carboxylic acid groups (broad SMARTS) is 1. The quantitative estimate of drug-likeness (QED) is 0.729. The van der Waals surface area contributed by atoms with Crippen molar-refractivity contribution >= 4 is 40.1 Å². The number of carbonyl (C=O) groups is 1. The Balaban J connectivity index is 2.11. The van der Waals surface area contributed by atoms with Gasteiger partial charge in [0.1, 0.15) is 10.7 Å². The molecule has 0 atom stereocenters. The Kier molecular flexibility index (Phi) is 4.27. The maximum absolute atomic E-state index is 10.7. The van der Waals surface area contributed by atoms with Crippen LogP contribution in [-0.2, 0) is 4.79 Å². The first kappa shape index (κ1) is 14.8. The van der Waals surface area contributed by atoms with Gasteiger partial charge >= 0.3 is 5.97 Å². The fourth-order valence-corrected chi connectivity index (χ4v) is 2.96.